The molecule has 0 saturated heterocycles. The third-order valence-corrected chi connectivity index (χ3v) is 5.67. The van der Waals surface area contributed by atoms with Crippen molar-refractivity contribution in [2.45, 2.75) is 32.1 Å². The molecule has 0 fully saturated rings. The van der Waals surface area contributed by atoms with E-state index >= 15 is 0 Å². The summed E-state index contributed by atoms with van der Waals surface area (Å²) < 4.78 is 0. The van der Waals surface area contributed by atoms with Crippen molar-refractivity contribution >= 4 is 38.9 Å². The molecule has 0 N–H and O–H groups in total. The van der Waals surface area contributed by atoms with Gasteiger partial charge in [0.2, 0.25) is 0 Å². The van der Waals surface area contributed by atoms with Crippen LogP contribution in [0.4, 0.5) is 0 Å². The maximum absolute atomic E-state index is 12.7. The van der Waals surface area contributed by atoms with E-state index in [1.165, 1.54) is 0 Å². The molecule has 0 aliphatic rings. The average molecular weight is 408 g/mol. The van der Waals surface area contributed by atoms with Crippen LogP contribution in [0, 0.1) is 0 Å². The van der Waals surface area contributed by atoms with Crippen LogP contribution in [0.3, 0.4) is 0 Å². The van der Waals surface area contributed by atoms with Crippen LogP contribution in [-0.2, 0) is 4.79 Å². The molecule has 0 aromatic heterocycles. The van der Waals surface area contributed by atoms with Crippen LogP contribution in [0.2, 0.25) is 0 Å². The Balaban J connectivity index is 1.29. The lowest BCUT2D eigenvalue weighted by molar-refractivity contribution is -0.119. The molecule has 154 valence electrons. The molecule has 4 rings (SSSR count). The van der Waals surface area contributed by atoms with Crippen LogP contribution in [0.15, 0.2) is 84.9 Å². The molecule has 3 nitrogen and oxygen atoms in total. The highest BCUT2D eigenvalue weighted by atomic mass is 16.1. The second kappa shape index (κ2) is 9.48. The van der Waals surface area contributed by atoms with Gasteiger partial charge in [-0.15, -0.1) is 0 Å². The van der Waals surface area contributed by atoms with Crippen molar-refractivity contribution in [2.75, 3.05) is 0 Å². The molecule has 0 aliphatic heterocycles. The summed E-state index contributed by atoms with van der Waals surface area (Å²) >= 11 is 0. The lowest BCUT2D eigenvalue weighted by Crippen LogP contribution is -2.07. The van der Waals surface area contributed by atoms with Crippen LogP contribution < -0.4 is 0 Å². The van der Waals surface area contributed by atoms with Gasteiger partial charge in [-0.25, -0.2) is 0 Å². The predicted octanol–water partition coefficient (Wildman–Crippen LogP) is 6.58. The van der Waals surface area contributed by atoms with Gasteiger partial charge in [0.05, 0.1) is 0 Å². The fourth-order valence-electron chi connectivity index (χ4n) is 4.03. The SMILES string of the molecule is O=C(CCCC(=O)c1cccc2ccccc12)CCC(=O)c1cccc2ccccc12. The number of Topliss-reactive ketones (excluding diaryl/α,β-unsaturated/α-hetero) is 3. The summed E-state index contributed by atoms with van der Waals surface area (Å²) in [6.45, 7) is 0. The van der Waals surface area contributed by atoms with E-state index in [-0.39, 0.29) is 30.2 Å². The van der Waals surface area contributed by atoms with E-state index in [0.717, 1.165) is 21.5 Å². The molecule has 3 heteroatoms. The number of hydrogen-bond donors (Lipinski definition) is 0. The number of rotatable bonds is 9. The monoisotopic (exact) mass is 408 g/mol. The largest absolute Gasteiger partial charge is 0.300 e. The molecule has 0 unspecified atom stereocenters. The van der Waals surface area contributed by atoms with Crippen molar-refractivity contribution in [3.8, 4) is 0 Å². The zero-order chi connectivity index (χ0) is 21.6. The van der Waals surface area contributed by atoms with Gasteiger partial charge in [0, 0.05) is 36.8 Å². The molecule has 4 aromatic carbocycles. The zero-order valence-corrected chi connectivity index (χ0v) is 17.3. The first-order valence-electron chi connectivity index (χ1n) is 10.7. The Bertz CT molecular complexity index is 1260. The first-order valence-corrected chi connectivity index (χ1v) is 10.7. The summed E-state index contributed by atoms with van der Waals surface area (Å²) in [6, 6.07) is 27.0. The molecule has 0 saturated carbocycles. The molecule has 0 heterocycles. The van der Waals surface area contributed by atoms with Gasteiger partial charge >= 0.3 is 0 Å². The molecule has 0 radical (unpaired) electrons. The highest BCUT2D eigenvalue weighted by Gasteiger charge is 2.14. The Morgan fingerprint density at radius 1 is 0.484 bits per heavy atom. The number of carbonyl (C=O) groups is 3. The maximum atomic E-state index is 12.7. The minimum absolute atomic E-state index is 0.0167. The minimum atomic E-state index is -0.0167. The second-order valence-corrected chi connectivity index (χ2v) is 7.79. The van der Waals surface area contributed by atoms with E-state index < -0.39 is 0 Å². The fourth-order valence-corrected chi connectivity index (χ4v) is 4.03. The van der Waals surface area contributed by atoms with Crippen LogP contribution >= 0.6 is 0 Å². The van der Waals surface area contributed by atoms with Gasteiger partial charge in [-0.2, -0.15) is 0 Å². The third-order valence-electron chi connectivity index (χ3n) is 5.67. The fraction of sp³-hybridized carbons (Fsp3) is 0.179. The average Bonchev–Trinajstić information content (AvgIpc) is 2.81. The summed E-state index contributed by atoms with van der Waals surface area (Å²) in [6.07, 6.45) is 1.56. The van der Waals surface area contributed by atoms with E-state index in [0.29, 0.717) is 30.4 Å². The quantitative estimate of drug-likeness (QED) is 0.294. The van der Waals surface area contributed by atoms with Crippen molar-refractivity contribution in [1.29, 1.82) is 0 Å². The number of fused-ring (bicyclic) bond motifs is 2. The van der Waals surface area contributed by atoms with Gasteiger partial charge in [-0.1, -0.05) is 84.9 Å². The van der Waals surface area contributed by atoms with Crippen LogP contribution in [-0.4, -0.2) is 17.3 Å². The third kappa shape index (κ3) is 4.77. The van der Waals surface area contributed by atoms with Gasteiger partial charge in [0.25, 0.3) is 0 Å². The predicted molar refractivity (Wildman–Crippen MR) is 125 cm³/mol. The molecular formula is C28H24O3. The van der Waals surface area contributed by atoms with Crippen molar-refractivity contribution in [2.24, 2.45) is 0 Å². The second-order valence-electron chi connectivity index (χ2n) is 7.79. The number of hydrogen-bond acceptors (Lipinski definition) is 3. The van der Waals surface area contributed by atoms with E-state index in [9.17, 15) is 14.4 Å². The van der Waals surface area contributed by atoms with E-state index in [2.05, 4.69) is 0 Å². The van der Waals surface area contributed by atoms with E-state index in [1.54, 1.807) is 0 Å². The normalized spacial score (nSPS) is 11.0. The van der Waals surface area contributed by atoms with Crippen molar-refractivity contribution in [1.82, 2.24) is 0 Å². The van der Waals surface area contributed by atoms with Crippen LogP contribution in [0.25, 0.3) is 21.5 Å². The zero-order valence-electron chi connectivity index (χ0n) is 17.3. The van der Waals surface area contributed by atoms with Gasteiger partial charge in [0.15, 0.2) is 11.6 Å². The Hall–Kier alpha value is -3.59. The number of benzene rings is 4. The first-order chi connectivity index (χ1) is 15.1. The summed E-state index contributed by atoms with van der Waals surface area (Å²) in [5.41, 5.74) is 1.37. The van der Waals surface area contributed by atoms with Crippen LogP contribution in [0.1, 0.15) is 52.8 Å². The Morgan fingerprint density at radius 3 is 1.55 bits per heavy atom. The molecule has 0 atom stereocenters. The van der Waals surface area contributed by atoms with Gasteiger partial charge in [-0.3, -0.25) is 14.4 Å². The van der Waals surface area contributed by atoms with E-state index in [1.807, 2.05) is 84.9 Å². The molecule has 0 bridgehead atoms. The van der Waals surface area contributed by atoms with Crippen molar-refractivity contribution in [3.63, 3.8) is 0 Å². The van der Waals surface area contributed by atoms with Gasteiger partial charge in [-0.05, 0) is 28.0 Å². The number of ketones is 3. The highest BCUT2D eigenvalue weighted by Crippen LogP contribution is 2.22. The van der Waals surface area contributed by atoms with Crippen molar-refractivity contribution < 1.29 is 14.4 Å². The Labute approximate surface area is 181 Å². The Kier molecular flexibility index (Phi) is 6.32. The first kappa shape index (κ1) is 20.7. The smallest absolute Gasteiger partial charge is 0.163 e. The van der Waals surface area contributed by atoms with Gasteiger partial charge < -0.3 is 0 Å². The van der Waals surface area contributed by atoms with E-state index in [4.69, 9.17) is 0 Å². The standard InChI is InChI=1S/C28H24O3/c29-22(18-19-28(31)26-16-6-11-21-9-2-4-14-24(21)26)12-7-17-27(30)25-15-5-10-20-8-1-3-13-23(20)25/h1-6,8-11,13-16H,7,12,17-19H2. The summed E-state index contributed by atoms with van der Waals surface area (Å²) in [4.78, 5) is 37.6. The van der Waals surface area contributed by atoms with Crippen molar-refractivity contribution in [3.05, 3.63) is 96.1 Å². The molecule has 4 aromatic rings. The summed E-state index contributed by atoms with van der Waals surface area (Å²) in [7, 11) is 0. The number of carbonyl (C=O) groups excluding carboxylic acids is 3. The molecule has 31 heavy (non-hydrogen) atoms. The van der Waals surface area contributed by atoms with Crippen LogP contribution in [0.5, 0.6) is 0 Å². The molecule has 0 amide bonds. The molecular weight excluding hydrogens is 384 g/mol. The lowest BCUT2D eigenvalue weighted by Gasteiger charge is -2.07. The van der Waals surface area contributed by atoms with Gasteiger partial charge in [0.1, 0.15) is 5.78 Å². The highest BCUT2D eigenvalue weighted by molar-refractivity contribution is 6.09. The summed E-state index contributed by atoms with van der Waals surface area (Å²) in [5.74, 6) is 0.0627. The summed E-state index contributed by atoms with van der Waals surface area (Å²) in [5, 5.41) is 3.92. The maximum Gasteiger partial charge on any atom is 0.163 e. The molecule has 0 spiro atoms. The Morgan fingerprint density at radius 2 is 0.968 bits per heavy atom. The lowest BCUT2D eigenvalue weighted by atomic mass is 9.96. The molecule has 0 aliphatic carbocycles. The minimum Gasteiger partial charge on any atom is -0.300 e. The topological polar surface area (TPSA) is 51.2 Å².